The van der Waals surface area contributed by atoms with Crippen molar-refractivity contribution in [2.24, 2.45) is 14.1 Å². The van der Waals surface area contributed by atoms with E-state index in [1.54, 1.807) is 19.2 Å². The van der Waals surface area contributed by atoms with Gasteiger partial charge in [0.15, 0.2) is 0 Å². The number of anilines is 1. The number of aromatic nitrogens is 3. The van der Waals surface area contributed by atoms with E-state index in [1.165, 1.54) is 23.7 Å². The summed E-state index contributed by atoms with van der Waals surface area (Å²) in [5.41, 5.74) is 5.50. The number of non-ortho nitro benzene ring substituents is 1. The molecule has 9 heteroatoms. The van der Waals surface area contributed by atoms with Crippen LogP contribution in [0, 0.1) is 17.0 Å². The van der Waals surface area contributed by atoms with Gasteiger partial charge in [-0.1, -0.05) is 42.0 Å². The van der Waals surface area contributed by atoms with E-state index < -0.39 is 16.7 Å². The lowest BCUT2D eigenvalue weighted by molar-refractivity contribution is -0.384. The topological polar surface area (TPSA) is 104 Å². The third-order valence-electron chi connectivity index (χ3n) is 7.09. The molecule has 5 aromatic rings. The molecule has 0 amide bonds. The lowest BCUT2D eigenvalue weighted by Crippen LogP contribution is -2.37. The highest BCUT2D eigenvalue weighted by molar-refractivity contribution is 5.99. The number of aryl methyl sites for hydroxylation is 2. The van der Waals surface area contributed by atoms with Crippen LogP contribution in [0.5, 0.6) is 0 Å². The van der Waals surface area contributed by atoms with Crippen LogP contribution in [0.4, 0.5) is 11.4 Å². The van der Waals surface area contributed by atoms with Crippen LogP contribution in [0.2, 0.25) is 0 Å². The van der Waals surface area contributed by atoms with Crippen molar-refractivity contribution in [2.45, 2.75) is 13.0 Å². The summed E-state index contributed by atoms with van der Waals surface area (Å²) >= 11 is 0. The fraction of sp³-hybridized carbons (Fsp3) is 0.143. The molecule has 6 rings (SSSR count). The molecule has 1 N–H and O–H groups in total. The Morgan fingerprint density at radius 2 is 1.57 bits per heavy atom. The van der Waals surface area contributed by atoms with Crippen LogP contribution in [0.3, 0.4) is 0 Å². The number of hydrogen-bond donors (Lipinski definition) is 1. The SMILES string of the molecule is Cc1ccc(-c2c3c(=O)n(C)c(=O)n(C)c3c3n2-c2ccccc2NC3c2ccc([N+](=O)[O-])cc2)cc1. The number of para-hydroxylation sites is 2. The normalized spacial score (nSPS) is 14.2. The first-order valence-corrected chi connectivity index (χ1v) is 11.8. The molecule has 184 valence electrons. The van der Waals surface area contributed by atoms with Crippen LogP contribution in [0.15, 0.2) is 82.4 Å². The number of nitro benzene ring substituents is 1. The number of nitrogens with zero attached hydrogens (tertiary/aromatic N) is 4. The summed E-state index contributed by atoms with van der Waals surface area (Å²) < 4.78 is 4.69. The maximum Gasteiger partial charge on any atom is 0.331 e. The molecule has 1 unspecified atom stereocenters. The van der Waals surface area contributed by atoms with Gasteiger partial charge in [0.1, 0.15) is 0 Å². The molecule has 0 spiro atoms. The monoisotopic (exact) mass is 493 g/mol. The molecule has 0 saturated heterocycles. The second-order valence-electron chi connectivity index (χ2n) is 9.31. The van der Waals surface area contributed by atoms with E-state index in [-0.39, 0.29) is 11.2 Å². The second-order valence-corrected chi connectivity index (χ2v) is 9.31. The predicted octanol–water partition coefficient (Wildman–Crippen LogP) is 4.43. The Kier molecular flexibility index (Phi) is 4.91. The molecule has 1 aliphatic heterocycles. The number of fused-ring (bicyclic) bond motifs is 5. The Hall–Kier alpha value is -4.92. The Morgan fingerprint density at radius 1 is 0.892 bits per heavy atom. The van der Waals surface area contributed by atoms with Gasteiger partial charge in [0.25, 0.3) is 11.2 Å². The van der Waals surface area contributed by atoms with Crippen LogP contribution < -0.4 is 16.6 Å². The summed E-state index contributed by atoms with van der Waals surface area (Å²) in [5.74, 6) is 0. The molecule has 3 heterocycles. The highest BCUT2D eigenvalue weighted by Gasteiger charge is 2.34. The minimum absolute atomic E-state index is 0.0122. The Morgan fingerprint density at radius 3 is 2.24 bits per heavy atom. The van der Waals surface area contributed by atoms with Gasteiger partial charge in [-0.3, -0.25) is 24.0 Å². The molecule has 0 bridgehead atoms. The van der Waals surface area contributed by atoms with Crippen molar-refractivity contribution >= 4 is 22.3 Å². The van der Waals surface area contributed by atoms with Gasteiger partial charge in [-0.25, -0.2) is 4.79 Å². The van der Waals surface area contributed by atoms with E-state index in [0.717, 1.165) is 38.3 Å². The van der Waals surface area contributed by atoms with E-state index >= 15 is 0 Å². The lowest BCUT2D eigenvalue weighted by atomic mass is 9.99. The fourth-order valence-corrected chi connectivity index (χ4v) is 5.24. The zero-order valence-electron chi connectivity index (χ0n) is 20.4. The first-order chi connectivity index (χ1) is 17.8. The summed E-state index contributed by atoms with van der Waals surface area (Å²) in [6, 6.07) is 21.6. The minimum Gasteiger partial charge on any atom is -0.371 e. The minimum atomic E-state index is -0.477. The smallest absolute Gasteiger partial charge is 0.331 e. The number of hydrogen-bond acceptors (Lipinski definition) is 5. The molecule has 3 aromatic carbocycles. The molecule has 0 saturated carbocycles. The van der Waals surface area contributed by atoms with Gasteiger partial charge in [0.2, 0.25) is 0 Å². The van der Waals surface area contributed by atoms with Crippen molar-refractivity contribution < 1.29 is 4.92 Å². The summed E-state index contributed by atoms with van der Waals surface area (Å²) in [6.07, 6.45) is 0. The van der Waals surface area contributed by atoms with Crippen LogP contribution in [0.1, 0.15) is 22.9 Å². The number of nitrogens with one attached hydrogen (secondary N) is 1. The van der Waals surface area contributed by atoms with E-state index in [9.17, 15) is 19.7 Å². The lowest BCUT2D eigenvalue weighted by Gasteiger charge is -2.31. The summed E-state index contributed by atoms with van der Waals surface area (Å²) in [7, 11) is 3.15. The molecule has 0 aliphatic carbocycles. The highest BCUT2D eigenvalue weighted by Crippen LogP contribution is 2.45. The van der Waals surface area contributed by atoms with Crippen molar-refractivity contribution in [1.82, 2.24) is 13.7 Å². The summed E-state index contributed by atoms with van der Waals surface area (Å²) in [4.78, 5) is 37.6. The summed E-state index contributed by atoms with van der Waals surface area (Å²) in [6.45, 7) is 2.00. The van der Waals surface area contributed by atoms with Crippen LogP contribution in [0.25, 0.3) is 27.8 Å². The summed E-state index contributed by atoms with van der Waals surface area (Å²) in [5, 5.41) is 15.3. The Bertz CT molecular complexity index is 1840. The zero-order chi connectivity index (χ0) is 26.0. The zero-order valence-corrected chi connectivity index (χ0v) is 20.4. The molecule has 0 fully saturated rings. The van der Waals surface area contributed by atoms with Gasteiger partial charge in [-0.15, -0.1) is 0 Å². The van der Waals surface area contributed by atoms with Crippen LogP contribution >= 0.6 is 0 Å². The average molecular weight is 494 g/mol. The Labute approximate surface area is 211 Å². The second kappa shape index (κ2) is 8.06. The van der Waals surface area contributed by atoms with Crippen molar-refractivity contribution in [3.63, 3.8) is 0 Å². The van der Waals surface area contributed by atoms with E-state index in [0.29, 0.717) is 16.6 Å². The average Bonchev–Trinajstić information content (AvgIpc) is 3.27. The van der Waals surface area contributed by atoms with Crippen LogP contribution in [-0.2, 0) is 14.1 Å². The molecule has 2 aromatic heterocycles. The van der Waals surface area contributed by atoms with Crippen molar-refractivity contribution in [3.8, 4) is 16.9 Å². The maximum atomic E-state index is 13.7. The fourth-order valence-electron chi connectivity index (χ4n) is 5.24. The van der Waals surface area contributed by atoms with Gasteiger partial charge in [-0.05, 0) is 42.3 Å². The van der Waals surface area contributed by atoms with Gasteiger partial charge >= 0.3 is 5.69 Å². The van der Waals surface area contributed by atoms with Gasteiger partial charge in [-0.2, -0.15) is 0 Å². The van der Waals surface area contributed by atoms with Gasteiger partial charge in [0, 0.05) is 26.2 Å². The van der Waals surface area contributed by atoms with Gasteiger partial charge < -0.3 is 9.88 Å². The molecule has 37 heavy (non-hydrogen) atoms. The van der Waals surface area contributed by atoms with E-state index in [2.05, 4.69) is 5.32 Å². The molecule has 0 radical (unpaired) electrons. The maximum absolute atomic E-state index is 13.7. The number of nitro groups is 1. The number of rotatable bonds is 3. The van der Waals surface area contributed by atoms with Crippen molar-refractivity contribution in [2.75, 3.05) is 5.32 Å². The van der Waals surface area contributed by atoms with Crippen molar-refractivity contribution in [3.05, 3.63) is 121 Å². The standard InChI is InChI=1S/C28H23N5O4/c1-16-8-10-18(11-9-16)24-22-25(30(2)28(35)31(3)27(22)34)26-23(17-12-14-19(15-13-17)33(36)37)29-20-6-4-5-7-21(20)32(24)26/h4-15,23,29H,1-3H3. The van der Waals surface area contributed by atoms with Gasteiger partial charge in [0.05, 0.1) is 44.6 Å². The Balaban J connectivity index is 1.80. The number of benzene rings is 3. The first-order valence-electron chi connectivity index (χ1n) is 11.8. The first kappa shape index (κ1) is 22.5. The predicted molar refractivity (Wildman–Crippen MR) is 142 cm³/mol. The molecule has 1 aliphatic rings. The highest BCUT2D eigenvalue weighted by atomic mass is 16.6. The quantitative estimate of drug-likeness (QED) is 0.296. The van der Waals surface area contributed by atoms with Crippen molar-refractivity contribution in [1.29, 1.82) is 0 Å². The molecular weight excluding hydrogens is 470 g/mol. The third-order valence-corrected chi connectivity index (χ3v) is 7.09. The van der Waals surface area contributed by atoms with E-state index in [1.807, 2.05) is 60.0 Å². The molecule has 1 atom stereocenters. The molecular formula is C28H23N5O4. The van der Waals surface area contributed by atoms with Crippen LogP contribution in [-0.4, -0.2) is 18.6 Å². The molecule has 9 nitrogen and oxygen atoms in total. The third kappa shape index (κ3) is 3.24. The largest absolute Gasteiger partial charge is 0.371 e. The van der Waals surface area contributed by atoms with E-state index in [4.69, 9.17) is 0 Å².